The molecule has 2 rings (SSSR count). The molecule has 1 aliphatic heterocycles. The molecular formula is C28H43N3O6S. The Balaban J connectivity index is 1.99. The van der Waals surface area contributed by atoms with Crippen LogP contribution in [0.5, 0.6) is 0 Å². The summed E-state index contributed by atoms with van der Waals surface area (Å²) in [6.07, 6.45) is 7.14. The minimum absolute atomic E-state index is 0.245. The van der Waals surface area contributed by atoms with Crippen LogP contribution in [0.15, 0.2) is 24.3 Å². The zero-order valence-electron chi connectivity index (χ0n) is 23.1. The molecule has 1 fully saturated rings. The second kappa shape index (κ2) is 17.1. The van der Waals surface area contributed by atoms with Crippen molar-refractivity contribution in [3.8, 4) is 0 Å². The van der Waals surface area contributed by atoms with E-state index in [0.29, 0.717) is 30.8 Å². The van der Waals surface area contributed by atoms with Crippen LogP contribution in [0, 0.1) is 0 Å². The maximum atomic E-state index is 13.4. The van der Waals surface area contributed by atoms with Gasteiger partial charge in [-0.3, -0.25) is 19.7 Å². The van der Waals surface area contributed by atoms with Crippen LogP contribution >= 0.6 is 11.8 Å². The number of hydrogen-bond acceptors (Lipinski definition) is 8. The molecule has 212 valence electrons. The predicted octanol–water partition coefficient (Wildman–Crippen LogP) is 4.02. The second-order valence-corrected chi connectivity index (χ2v) is 10.5. The topological polar surface area (TPSA) is 114 Å². The number of rotatable bonds is 16. The quantitative estimate of drug-likeness (QED) is 0.235. The van der Waals surface area contributed by atoms with Gasteiger partial charge in [-0.2, -0.15) is 11.8 Å². The number of benzene rings is 1. The summed E-state index contributed by atoms with van der Waals surface area (Å²) in [6.45, 7) is 6.37. The van der Waals surface area contributed by atoms with E-state index in [0.717, 1.165) is 12.2 Å². The first kappa shape index (κ1) is 31.6. The Labute approximate surface area is 230 Å². The van der Waals surface area contributed by atoms with Gasteiger partial charge in [0.2, 0.25) is 11.8 Å². The Bertz CT molecular complexity index is 928. The molecule has 0 aromatic heterocycles. The number of thioether (sulfide) groups is 1. The molecule has 2 N–H and O–H groups in total. The maximum absolute atomic E-state index is 13.4. The van der Waals surface area contributed by atoms with Crippen LogP contribution in [-0.4, -0.2) is 78.5 Å². The first-order chi connectivity index (χ1) is 18.3. The van der Waals surface area contributed by atoms with Crippen LogP contribution in [-0.2, 0) is 23.9 Å². The van der Waals surface area contributed by atoms with Crippen molar-refractivity contribution in [1.82, 2.24) is 10.2 Å². The highest BCUT2D eigenvalue weighted by Crippen LogP contribution is 2.23. The Morgan fingerprint density at radius 1 is 1.11 bits per heavy atom. The number of carbonyl (C=O) groups is 4. The third-order valence-electron chi connectivity index (χ3n) is 6.50. The molecule has 38 heavy (non-hydrogen) atoms. The normalized spacial score (nSPS) is 16.5. The van der Waals surface area contributed by atoms with Gasteiger partial charge in [0.15, 0.2) is 0 Å². The van der Waals surface area contributed by atoms with E-state index in [1.807, 2.05) is 0 Å². The van der Waals surface area contributed by atoms with Gasteiger partial charge in [-0.05, 0) is 51.0 Å². The first-order valence-corrected chi connectivity index (χ1v) is 14.8. The Hall–Kier alpha value is -2.59. The summed E-state index contributed by atoms with van der Waals surface area (Å²) >= 11 is 1.68. The van der Waals surface area contributed by atoms with Gasteiger partial charge in [-0.15, -0.1) is 0 Å². The van der Waals surface area contributed by atoms with Crippen LogP contribution in [0.1, 0.15) is 76.1 Å². The maximum Gasteiger partial charge on any atom is 0.339 e. The minimum Gasteiger partial charge on any atom is -0.465 e. The van der Waals surface area contributed by atoms with Crippen molar-refractivity contribution in [1.29, 1.82) is 0 Å². The lowest BCUT2D eigenvalue weighted by molar-refractivity contribution is -0.146. The number of ether oxygens (including phenoxy) is 2. The summed E-state index contributed by atoms with van der Waals surface area (Å²) in [5.74, 6) is -0.0748. The monoisotopic (exact) mass is 549 g/mol. The van der Waals surface area contributed by atoms with Crippen molar-refractivity contribution in [3.63, 3.8) is 0 Å². The van der Waals surface area contributed by atoms with Gasteiger partial charge < -0.3 is 19.7 Å². The fourth-order valence-corrected chi connectivity index (χ4v) is 5.50. The molecule has 10 heteroatoms. The van der Waals surface area contributed by atoms with E-state index < -0.39 is 24.1 Å². The highest BCUT2D eigenvalue weighted by Gasteiger charge is 2.37. The molecule has 1 aromatic rings. The number of unbranched alkanes of at least 4 members (excludes halogenated alkanes) is 4. The van der Waals surface area contributed by atoms with Crippen LogP contribution in [0.25, 0.3) is 0 Å². The minimum atomic E-state index is -0.676. The molecule has 0 radical (unpaired) electrons. The van der Waals surface area contributed by atoms with E-state index in [2.05, 4.69) is 17.6 Å². The molecule has 0 unspecified atom stereocenters. The molecule has 1 saturated heterocycles. The van der Waals surface area contributed by atoms with E-state index in [1.54, 1.807) is 54.8 Å². The van der Waals surface area contributed by atoms with Crippen LogP contribution in [0.2, 0.25) is 0 Å². The molecule has 1 aliphatic rings. The van der Waals surface area contributed by atoms with Gasteiger partial charge >= 0.3 is 11.9 Å². The van der Waals surface area contributed by atoms with Gasteiger partial charge in [0.25, 0.3) is 0 Å². The predicted molar refractivity (Wildman–Crippen MR) is 150 cm³/mol. The Kier molecular flexibility index (Phi) is 14.2. The number of nitrogens with one attached hydrogen (secondary N) is 2. The fourth-order valence-electron chi connectivity index (χ4n) is 4.46. The number of esters is 2. The number of amides is 2. The summed E-state index contributed by atoms with van der Waals surface area (Å²) in [5, 5.41) is 5.94. The third-order valence-corrected chi connectivity index (χ3v) is 7.64. The van der Waals surface area contributed by atoms with Crippen molar-refractivity contribution in [2.75, 3.05) is 37.1 Å². The molecule has 0 saturated carbocycles. The number of carbonyl (C=O) groups excluding carboxylic acids is 4. The Morgan fingerprint density at radius 3 is 2.55 bits per heavy atom. The van der Waals surface area contributed by atoms with Gasteiger partial charge in [-0.1, -0.05) is 44.7 Å². The first-order valence-electron chi connectivity index (χ1n) is 13.6. The number of para-hydroxylation sites is 1. The number of hydrogen-bond donors (Lipinski definition) is 2. The summed E-state index contributed by atoms with van der Waals surface area (Å²) < 4.78 is 10.0. The number of methoxy groups -OCH3 is 1. The number of nitrogens with zero attached hydrogens (tertiary/aromatic N) is 1. The molecule has 2 amide bonds. The average molecular weight is 550 g/mol. The van der Waals surface area contributed by atoms with E-state index in [4.69, 9.17) is 9.47 Å². The van der Waals surface area contributed by atoms with Gasteiger partial charge in [0, 0.05) is 12.3 Å². The molecule has 0 spiro atoms. The molecule has 0 bridgehead atoms. The molecular weight excluding hydrogens is 506 g/mol. The summed E-state index contributed by atoms with van der Waals surface area (Å²) in [7, 11) is 1.28. The second-order valence-electron chi connectivity index (χ2n) is 9.40. The lowest BCUT2D eigenvalue weighted by Gasteiger charge is -2.29. The highest BCUT2D eigenvalue weighted by molar-refractivity contribution is 7.99. The van der Waals surface area contributed by atoms with E-state index in [-0.39, 0.29) is 30.0 Å². The number of anilines is 1. The van der Waals surface area contributed by atoms with E-state index >= 15 is 0 Å². The molecule has 1 aromatic carbocycles. The smallest absolute Gasteiger partial charge is 0.339 e. The fraction of sp³-hybridized carbons (Fsp3) is 0.643. The lowest BCUT2D eigenvalue weighted by atomic mass is 10.1. The molecule has 3 atom stereocenters. The largest absolute Gasteiger partial charge is 0.465 e. The number of likely N-dealkylation sites (tertiary alicyclic amines) is 1. The highest BCUT2D eigenvalue weighted by atomic mass is 32.2. The van der Waals surface area contributed by atoms with E-state index in [9.17, 15) is 19.2 Å². The zero-order valence-corrected chi connectivity index (χ0v) is 23.9. The SMILES string of the molecule is CCCCCCCSC[C@H](N[C@@H](C)C(=O)N1CCC[C@H]1C(=O)Nc1ccccc1C(=O)OC)C(=O)OCC. The standard InChI is InChI=1S/C28H43N3O6S/c1-5-7-8-9-12-18-38-19-23(28(35)37-6-2)29-20(3)26(33)31-17-13-16-24(31)25(32)30-22-15-11-10-14-21(22)27(34)36-4/h10-11,14-15,20,23-24,29H,5-9,12-13,16-19H2,1-4H3,(H,30,32)/t20-,23-,24-/m0/s1. The molecule has 9 nitrogen and oxygen atoms in total. The van der Waals surface area contributed by atoms with Crippen molar-refractivity contribution in [3.05, 3.63) is 29.8 Å². The summed E-state index contributed by atoms with van der Waals surface area (Å²) in [4.78, 5) is 52.7. The molecule has 1 heterocycles. The molecule has 0 aliphatic carbocycles. The van der Waals surface area contributed by atoms with Crippen molar-refractivity contribution >= 4 is 41.2 Å². The third kappa shape index (κ3) is 9.62. The average Bonchev–Trinajstić information content (AvgIpc) is 3.41. The summed E-state index contributed by atoms with van der Waals surface area (Å²) in [6, 6.07) is 4.64. The van der Waals surface area contributed by atoms with E-state index in [1.165, 1.54) is 32.8 Å². The van der Waals surface area contributed by atoms with Gasteiger partial charge in [-0.25, -0.2) is 4.79 Å². The van der Waals surface area contributed by atoms with Crippen LogP contribution in [0.3, 0.4) is 0 Å². The summed E-state index contributed by atoms with van der Waals surface area (Å²) in [5.41, 5.74) is 0.582. The lowest BCUT2D eigenvalue weighted by Crippen LogP contribution is -2.54. The van der Waals surface area contributed by atoms with Crippen LogP contribution < -0.4 is 10.6 Å². The zero-order chi connectivity index (χ0) is 27.9. The van der Waals surface area contributed by atoms with Crippen molar-refractivity contribution < 1.29 is 28.7 Å². The van der Waals surface area contributed by atoms with Gasteiger partial charge in [0.1, 0.15) is 12.1 Å². The van der Waals surface area contributed by atoms with Crippen molar-refractivity contribution in [2.24, 2.45) is 0 Å². The van der Waals surface area contributed by atoms with Gasteiger partial charge in [0.05, 0.1) is 31.0 Å². The van der Waals surface area contributed by atoms with Crippen molar-refractivity contribution in [2.45, 2.75) is 83.8 Å². The van der Waals surface area contributed by atoms with Crippen LogP contribution in [0.4, 0.5) is 5.69 Å². The Morgan fingerprint density at radius 2 is 1.84 bits per heavy atom.